The third kappa shape index (κ3) is 4.13. The standard InChI is InChI=1S/C21H28N6O/c1-13-10-14(2)24-21(23-13)26-18-11-15(3)22-19(25-18)17-8-9-27(12-17)20(28)16-6-4-5-7-16/h10-11,16-17H,4-9,12H2,1-3H3,(H,22,23,24,25,26). The molecule has 2 fully saturated rings. The number of nitrogens with one attached hydrogen (secondary N) is 1. The van der Waals surface area contributed by atoms with Gasteiger partial charge in [-0.2, -0.15) is 0 Å². The van der Waals surface area contributed by atoms with Gasteiger partial charge in [0.05, 0.1) is 0 Å². The number of anilines is 2. The summed E-state index contributed by atoms with van der Waals surface area (Å²) in [6.07, 6.45) is 5.38. The number of aryl methyl sites for hydroxylation is 3. The molecule has 4 rings (SSSR count). The Balaban J connectivity index is 1.48. The molecule has 1 aliphatic carbocycles. The van der Waals surface area contributed by atoms with Crippen LogP contribution in [0.1, 0.15) is 60.9 Å². The van der Waals surface area contributed by atoms with Gasteiger partial charge >= 0.3 is 0 Å². The number of likely N-dealkylation sites (tertiary alicyclic amines) is 1. The highest BCUT2D eigenvalue weighted by Gasteiger charge is 2.34. The van der Waals surface area contributed by atoms with Crippen molar-refractivity contribution in [3.05, 3.63) is 35.0 Å². The summed E-state index contributed by atoms with van der Waals surface area (Å²) in [4.78, 5) is 33.0. The maximum absolute atomic E-state index is 12.7. The number of rotatable bonds is 4. The van der Waals surface area contributed by atoms with Crippen molar-refractivity contribution in [3.8, 4) is 0 Å². The van der Waals surface area contributed by atoms with Gasteiger partial charge in [-0.1, -0.05) is 12.8 Å². The predicted octanol–water partition coefficient (Wildman–Crippen LogP) is 3.44. The molecule has 2 aliphatic rings. The first-order valence-electron chi connectivity index (χ1n) is 10.2. The summed E-state index contributed by atoms with van der Waals surface area (Å²) >= 11 is 0. The average molecular weight is 380 g/mol. The second-order valence-corrected chi connectivity index (χ2v) is 8.10. The van der Waals surface area contributed by atoms with E-state index in [0.29, 0.717) is 17.7 Å². The Morgan fingerprint density at radius 2 is 1.64 bits per heavy atom. The van der Waals surface area contributed by atoms with E-state index in [0.717, 1.165) is 55.3 Å². The largest absolute Gasteiger partial charge is 0.342 e. The van der Waals surface area contributed by atoms with Gasteiger partial charge in [-0.25, -0.2) is 19.9 Å². The van der Waals surface area contributed by atoms with Crippen LogP contribution in [0.5, 0.6) is 0 Å². The zero-order valence-electron chi connectivity index (χ0n) is 16.9. The van der Waals surface area contributed by atoms with Crippen LogP contribution in [0.4, 0.5) is 11.8 Å². The lowest BCUT2D eigenvalue weighted by Crippen LogP contribution is -2.33. The van der Waals surface area contributed by atoms with Crippen molar-refractivity contribution in [2.75, 3.05) is 18.4 Å². The molecule has 28 heavy (non-hydrogen) atoms. The molecule has 3 heterocycles. The van der Waals surface area contributed by atoms with Crippen LogP contribution in [0.15, 0.2) is 12.1 Å². The fourth-order valence-electron chi connectivity index (χ4n) is 4.34. The first kappa shape index (κ1) is 18.8. The van der Waals surface area contributed by atoms with E-state index in [4.69, 9.17) is 4.98 Å². The van der Waals surface area contributed by atoms with Crippen LogP contribution in [-0.2, 0) is 4.79 Å². The average Bonchev–Trinajstić information content (AvgIpc) is 3.32. The van der Waals surface area contributed by atoms with E-state index >= 15 is 0 Å². The quantitative estimate of drug-likeness (QED) is 0.875. The maximum atomic E-state index is 12.7. The Labute approximate surface area is 166 Å². The Bertz CT molecular complexity index is 857. The van der Waals surface area contributed by atoms with Gasteiger partial charge in [0.1, 0.15) is 11.6 Å². The summed E-state index contributed by atoms with van der Waals surface area (Å²) in [6.45, 7) is 7.39. The molecular weight excluding hydrogens is 352 g/mol. The number of hydrogen-bond donors (Lipinski definition) is 1. The molecular formula is C21H28N6O. The SMILES string of the molecule is Cc1cc(C)nc(Nc2cc(C)nc(C3CCN(C(=O)C4CCCC4)C3)n2)n1. The second kappa shape index (κ2) is 7.81. The van der Waals surface area contributed by atoms with Gasteiger partial charge in [-0.15, -0.1) is 0 Å². The highest BCUT2D eigenvalue weighted by molar-refractivity contribution is 5.79. The van der Waals surface area contributed by atoms with Gasteiger partial charge in [0.2, 0.25) is 11.9 Å². The molecule has 7 heteroatoms. The maximum Gasteiger partial charge on any atom is 0.228 e. The monoisotopic (exact) mass is 380 g/mol. The first-order chi connectivity index (χ1) is 13.5. The molecule has 1 aliphatic heterocycles. The van der Waals surface area contributed by atoms with Crippen molar-refractivity contribution in [2.45, 2.75) is 58.8 Å². The van der Waals surface area contributed by atoms with Crippen molar-refractivity contribution < 1.29 is 4.79 Å². The molecule has 2 aromatic rings. The summed E-state index contributed by atoms with van der Waals surface area (Å²) in [5.74, 6) is 2.80. The molecule has 0 aromatic carbocycles. The second-order valence-electron chi connectivity index (χ2n) is 8.10. The van der Waals surface area contributed by atoms with Crippen LogP contribution in [0.2, 0.25) is 0 Å². The van der Waals surface area contributed by atoms with Crippen molar-refractivity contribution >= 4 is 17.7 Å². The minimum Gasteiger partial charge on any atom is -0.342 e. The zero-order chi connectivity index (χ0) is 19.7. The summed E-state index contributed by atoms with van der Waals surface area (Å²) in [7, 11) is 0. The number of carbonyl (C=O) groups is 1. The van der Waals surface area contributed by atoms with Gasteiger partial charge in [0.25, 0.3) is 0 Å². The number of amides is 1. The number of aromatic nitrogens is 4. The van der Waals surface area contributed by atoms with E-state index in [1.54, 1.807) is 0 Å². The lowest BCUT2D eigenvalue weighted by molar-refractivity contribution is -0.134. The van der Waals surface area contributed by atoms with E-state index in [9.17, 15) is 4.79 Å². The number of nitrogens with zero attached hydrogens (tertiary/aromatic N) is 5. The van der Waals surface area contributed by atoms with Crippen LogP contribution in [0.3, 0.4) is 0 Å². The van der Waals surface area contributed by atoms with Gasteiger partial charge < -0.3 is 10.2 Å². The molecule has 1 atom stereocenters. The van der Waals surface area contributed by atoms with E-state index < -0.39 is 0 Å². The molecule has 7 nitrogen and oxygen atoms in total. The summed E-state index contributed by atoms with van der Waals surface area (Å²) in [5, 5.41) is 3.22. The molecule has 1 saturated carbocycles. The molecule has 1 saturated heterocycles. The van der Waals surface area contributed by atoms with Crippen molar-refractivity contribution in [3.63, 3.8) is 0 Å². The smallest absolute Gasteiger partial charge is 0.228 e. The fourth-order valence-corrected chi connectivity index (χ4v) is 4.34. The molecule has 1 N–H and O–H groups in total. The Hall–Kier alpha value is -2.57. The van der Waals surface area contributed by atoms with Crippen molar-refractivity contribution in [1.29, 1.82) is 0 Å². The number of hydrogen-bond acceptors (Lipinski definition) is 6. The Kier molecular flexibility index (Phi) is 5.24. The van der Waals surface area contributed by atoms with E-state index in [1.807, 2.05) is 37.8 Å². The fraction of sp³-hybridized carbons (Fsp3) is 0.571. The minimum atomic E-state index is 0.186. The zero-order valence-corrected chi connectivity index (χ0v) is 16.9. The summed E-state index contributed by atoms with van der Waals surface area (Å²) in [6, 6.07) is 3.84. The molecule has 0 radical (unpaired) electrons. The lowest BCUT2D eigenvalue weighted by Gasteiger charge is -2.20. The lowest BCUT2D eigenvalue weighted by atomic mass is 10.1. The van der Waals surface area contributed by atoms with Crippen LogP contribution < -0.4 is 5.32 Å². The van der Waals surface area contributed by atoms with Crippen LogP contribution in [0.25, 0.3) is 0 Å². The predicted molar refractivity (Wildman–Crippen MR) is 107 cm³/mol. The molecule has 148 valence electrons. The Morgan fingerprint density at radius 1 is 0.964 bits per heavy atom. The van der Waals surface area contributed by atoms with Crippen LogP contribution in [-0.4, -0.2) is 43.8 Å². The molecule has 2 aromatic heterocycles. The van der Waals surface area contributed by atoms with E-state index in [-0.39, 0.29) is 11.8 Å². The first-order valence-corrected chi connectivity index (χ1v) is 10.2. The van der Waals surface area contributed by atoms with Gasteiger partial charge in [-0.05, 0) is 46.1 Å². The summed E-state index contributed by atoms with van der Waals surface area (Å²) < 4.78 is 0. The van der Waals surface area contributed by atoms with Crippen LogP contribution >= 0.6 is 0 Å². The minimum absolute atomic E-state index is 0.186. The van der Waals surface area contributed by atoms with Gasteiger partial charge in [0, 0.05) is 48.1 Å². The molecule has 0 bridgehead atoms. The molecule has 0 spiro atoms. The Morgan fingerprint density at radius 3 is 2.36 bits per heavy atom. The third-order valence-corrected chi connectivity index (χ3v) is 5.66. The van der Waals surface area contributed by atoms with Gasteiger partial charge in [0.15, 0.2) is 0 Å². The van der Waals surface area contributed by atoms with Gasteiger partial charge in [-0.3, -0.25) is 4.79 Å². The van der Waals surface area contributed by atoms with Crippen LogP contribution in [0, 0.1) is 26.7 Å². The number of carbonyl (C=O) groups excluding carboxylic acids is 1. The third-order valence-electron chi connectivity index (χ3n) is 5.66. The normalized spacial score (nSPS) is 20.0. The summed E-state index contributed by atoms with van der Waals surface area (Å²) in [5.41, 5.74) is 2.73. The topological polar surface area (TPSA) is 83.9 Å². The highest BCUT2D eigenvalue weighted by Crippen LogP contribution is 2.31. The van der Waals surface area contributed by atoms with E-state index in [2.05, 4.69) is 20.3 Å². The molecule has 1 unspecified atom stereocenters. The van der Waals surface area contributed by atoms with Crippen molar-refractivity contribution in [1.82, 2.24) is 24.8 Å². The van der Waals surface area contributed by atoms with Crippen molar-refractivity contribution in [2.24, 2.45) is 5.92 Å². The molecule has 1 amide bonds. The van der Waals surface area contributed by atoms with E-state index in [1.165, 1.54) is 12.8 Å². The highest BCUT2D eigenvalue weighted by atomic mass is 16.2.